The molecule has 2 aromatic rings. The maximum Gasteiger partial charge on any atom is 0.274 e. The average Bonchev–Trinajstić information content (AvgIpc) is 2.61. The lowest BCUT2D eigenvalue weighted by atomic mass is 10.4. The predicted molar refractivity (Wildman–Crippen MR) is 51.5 cm³/mol. The van der Waals surface area contributed by atoms with Gasteiger partial charge in [0, 0.05) is 0 Å². The first-order chi connectivity index (χ1) is 6.16. The zero-order chi connectivity index (χ0) is 9.42. The van der Waals surface area contributed by atoms with Gasteiger partial charge in [-0.15, -0.1) is 0 Å². The van der Waals surface area contributed by atoms with Gasteiger partial charge in [-0.05, 0) is 28.9 Å². The summed E-state index contributed by atoms with van der Waals surface area (Å²) >= 11 is 9.06. The summed E-state index contributed by atoms with van der Waals surface area (Å²) in [7, 11) is 0. The standard InChI is InChI=1S/C7H5BrClN3O/c1-3-10-7(13-12-3)5-2-4(9)6(8)11-5/h2,11H,1H3. The van der Waals surface area contributed by atoms with E-state index in [2.05, 4.69) is 31.1 Å². The highest BCUT2D eigenvalue weighted by atomic mass is 79.9. The van der Waals surface area contributed by atoms with Gasteiger partial charge in [0.25, 0.3) is 5.89 Å². The Hall–Kier alpha value is -0.810. The Bertz CT molecular complexity index is 417. The first-order valence-electron chi connectivity index (χ1n) is 3.51. The lowest BCUT2D eigenvalue weighted by Gasteiger charge is -1.84. The van der Waals surface area contributed by atoms with Crippen molar-refractivity contribution >= 4 is 27.5 Å². The van der Waals surface area contributed by atoms with Crippen LogP contribution in [0.15, 0.2) is 15.2 Å². The number of aromatic amines is 1. The minimum atomic E-state index is 0.435. The van der Waals surface area contributed by atoms with Crippen molar-refractivity contribution in [1.82, 2.24) is 15.1 Å². The molecule has 0 aliphatic carbocycles. The van der Waals surface area contributed by atoms with Crippen LogP contribution in [-0.2, 0) is 0 Å². The number of halogens is 2. The van der Waals surface area contributed by atoms with E-state index in [0.717, 1.165) is 0 Å². The van der Waals surface area contributed by atoms with Gasteiger partial charge in [-0.3, -0.25) is 0 Å². The third-order valence-corrected chi connectivity index (χ3v) is 2.63. The molecule has 68 valence electrons. The molecular weight excluding hydrogens is 257 g/mol. The highest BCUT2D eigenvalue weighted by Crippen LogP contribution is 2.27. The van der Waals surface area contributed by atoms with Crippen LogP contribution >= 0.6 is 27.5 Å². The van der Waals surface area contributed by atoms with Gasteiger partial charge >= 0.3 is 0 Å². The number of hydrogen-bond donors (Lipinski definition) is 1. The number of nitrogens with zero attached hydrogens (tertiary/aromatic N) is 2. The number of H-pyrrole nitrogens is 1. The van der Waals surface area contributed by atoms with Gasteiger partial charge in [0.15, 0.2) is 5.82 Å². The van der Waals surface area contributed by atoms with Crippen molar-refractivity contribution < 1.29 is 4.52 Å². The molecule has 4 nitrogen and oxygen atoms in total. The Labute approximate surface area is 87.4 Å². The Morgan fingerprint density at radius 3 is 2.85 bits per heavy atom. The SMILES string of the molecule is Cc1noc(-c2cc(Cl)c(Br)[nH]2)n1. The van der Waals surface area contributed by atoms with Crippen molar-refractivity contribution in [2.75, 3.05) is 0 Å². The van der Waals surface area contributed by atoms with Gasteiger partial charge in [0.2, 0.25) is 0 Å². The largest absolute Gasteiger partial charge is 0.344 e. The molecule has 0 saturated heterocycles. The van der Waals surface area contributed by atoms with Gasteiger partial charge in [0.05, 0.1) is 5.02 Å². The fourth-order valence-corrected chi connectivity index (χ4v) is 1.41. The van der Waals surface area contributed by atoms with Crippen molar-refractivity contribution in [2.24, 2.45) is 0 Å². The van der Waals surface area contributed by atoms with Crippen molar-refractivity contribution in [3.05, 3.63) is 21.5 Å². The molecule has 0 aliphatic rings. The third kappa shape index (κ3) is 1.62. The highest BCUT2D eigenvalue weighted by molar-refractivity contribution is 9.10. The van der Waals surface area contributed by atoms with Crippen LogP contribution < -0.4 is 0 Å². The smallest absolute Gasteiger partial charge is 0.274 e. The molecule has 0 atom stereocenters. The number of nitrogens with one attached hydrogen (secondary N) is 1. The van der Waals surface area contributed by atoms with E-state index >= 15 is 0 Å². The van der Waals surface area contributed by atoms with Crippen LogP contribution in [0.5, 0.6) is 0 Å². The van der Waals surface area contributed by atoms with Crippen LogP contribution in [0.1, 0.15) is 5.82 Å². The van der Waals surface area contributed by atoms with Gasteiger partial charge in [-0.1, -0.05) is 16.8 Å². The molecule has 1 N–H and O–H groups in total. The Morgan fingerprint density at radius 1 is 1.62 bits per heavy atom. The van der Waals surface area contributed by atoms with Gasteiger partial charge in [0.1, 0.15) is 10.3 Å². The molecule has 6 heteroatoms. The first kappa shape index (κ1) is 8.77. The molecule has 0 amide bonds. The third-order valence-electron chi connectivity index (χ3n) is 1.48. The molecule has 0 aromatic carbocycles. The summed E-state index contributed by atoms with van der Waals surface area (Å²) in [5, 5.41) is 4.26. The predicted octanol–water partition coefficient (Wildman–Crippen LogP) is 2.79. The number of rotatable bonds is 1. The molecule has 0 spiro atoms. The topological polar surface area (TPSA) is 54.7 Å². The molecule has 0 radical (unpaired) electrons. The molecule has 0 fully saturated rings. The summed E-state index contributed by atoms with van der Waals surface area (Å²) in [6.45, 7) is 1.76. The minimum Gasteiger partial charge on any atom is -0.344 e. The summed E-state index contributed by atoms with van der Waals surface area (Å²) in [5.41, 5.74) is 0.706. The number of hydrogen-bond acceptors (Lipinski definition) is 3. The molecule has 2 aromatic heterocycles. The normalized spacial score (nSPS) is 10.7. The summed E-state index contributed by atoms with van der Waals surface area (Å²) in [6, 6.07) is 1.72. The van der Waals surface area contributed by atoms with E-state index in [1.165, 1.54) is 0 Å². The van der Waals surface area contributed by atoms with Crippen molar-refractivity contribution in [3.63, 3.8) is 0 Å². The summed E-state index contributed by atoms with van der Waals surface area (Å²) in [6.07, 6.45) is 0. The maximum absolute atomic E-state index is 5.82. The Balaban J connectivity index is 2.46. The maximum atomic E-state index is 5.82. The number of aryl methyl sites for hydroxylation is 1. The first-order valence-corrected chi connectivity index (χ1v) is 4.68. The second kappa shape index (κ2) is 3.16. The summed E-state index contributed by atoms with van der Waals surface area (Å²) in [5.74, 6) is 1.03. The van der Waals surface area contributed by atoms with E-state index in [4.69, 9.17) is 16.1 Å². The van der Waals surface area contributed by atoms with Gasteiger partial charge in [-0.25, -0.2) is 0 Å². The van der Waals surface area contributed by atoms with Crippen LogP contribution in [0.25, 0.3) is 11.6 Å². The zero-order valence-electron chi connectivity index (χ0n) is 6.64. The van der Waals surface area contributed by atoms with Crippen LogP contribution in [0.4, 0.5) is 0 Å². The molecule has 2 heterocycles. The summed E-state index contributed by atoms with van der Waals surface area (Å²) < 4.78 is 5.66. The van der Waals surface area contributed by atoms with E-state index in [0.29, 0.717) is 27.0 Å². The van der Waals surface area contributed by atoms with E-state index in [9.17, 15) is 0 Å². The van der Waals surface area contributed by atoms with Crippen molar-refractivity contribution in [2.45, 2.75) is 6.92 Å². The van der Waals surface area contributed by atoms with E-state index < -0.39 is 0 Å². The molecule has 2 rings (SSSR count). The highest BCUT2D eigenvalue weighted by Gasteiger charge is 2.10. The molecule has 13 heavy (non-hydrogen) atoms. The van der Waals surface area contributed by atoms with Gasteiger partial charge < -0.3 is 9.51 Å². The lowest BCUT2D eigenvalue weighted by Crippen LogP contribution is -1.76. The van der Waals surface area contributed by atoms with Crippen LogP contribution in [0, 0.1) is 6.92 Å². The second-order valence-electron chi connectivity index (χ2n) is 2.49. The van der Waals surface area contributed by atoms with Crippen molar-refractivity contribution in [1.29, 1.82) is 0 Å². The molecule has 0 bridgehead atoms. The van der Waals surface area contributed by atoms with Crippen molar-refractivity contribution in [3.8, 4) is 11.6 Å². The minimum absolute atomic E-state index is 0.435. The fourth-order valence-electron chi connectivity index (χ4n) is 0.926. The molecule has 0 saturated carbocycles. The lowest BCUT2D eigenvalue weighted by molar-refractivity contribution is 0.424. The van der Waals surface area contributed by atoms with Crippen LogP contribution in [0.3, 0.4) is 0 Å². The molecule has 0 unspecified atom stereocenters. The number of aromatic nitrogens is 3. The second-order valence-corrected chi connectivity index (χ2v) is 3.69. The quantitative estimate of drug-likeness (QED) is 0.860. The van der Waals surface area contributed by atoms with E-state index in [1.54, 1.807) is 13.0 Å². The van der Waals surface area contributed by atoms with E-state index in [-0.39, 0.29) is 0 Å². The molecular formula is C7H5BrClN3O. The summed E-state index contributed by atoms with van der Waals surface area (Å²) in [4.78, 5) is 7.01. The monoisotopic (exact) mass is 261 g/mol. The van der Waals surface area contributed by atoms with Crippen LogP contribution in [-0.4, -0.2) is 15.1 Å². The average molecular weight is 262 g/mol. The molecule has 0 aliphatic heterocycles. The fraction of sp³-hybridized carbons (Fsp3) is 0.143. The van der Waals surface area contributed by atoms with Gasteiger partial charge in [-0.2, -0.15) is 4.98 Å². The zero-order valence-corrected chi connectivity index (χ0v) is 8.98. The van der Waals surface area contributed by atoms with Crippen LogP contribution in [0.2, 0.25) is 5.02 Å². The Morgan fingerprint density at radius 2 is 2.38 bits per heavy atom. The van der Waals surface area contributed by atoms with E-state index in [1.807, 2.05) is 0 Å². The Kier molecular flexibility index (Phi) is 2.13.